The summed E-state index contributed by atoms with van der Waals surface area (Å²) in [5.74, 6) is -0.262. The van der Waals surface area contributed by atoms with E-state index in [-0.39, 0.29) is 17.9 Å². The molecule has 0 bridgehead atoms. The van der Waals surface area contributed by atoms with Gasteiger partial charge < -0.3 is 10.5 Å². The summed E-state index contributed by atoms with van der Waals surface area (Å²) in [4.78, 5) is 11.1. The van der Waals surface area contributed by atoms with Crippen LogP contribution in [0.3, 0.4) is 0 Å². The van der Waals surface area contributed by atoms with Crippen LogP contribution in [-0.4, -0.2) is 18.6 Å². The summed E-state index contributed by atoms with van der Waals surface area (Å²) in [5, 5.41) is 0. The predicted octanol–water partition coefficient (Wildman–Crippen LogP) is 0.453. The molecule has 2 atom stereocenters. The van der Waals surface area contributed by atoms with Gasteiger partial charge in [-0.15, -0.1) is 0 Å². The molecule has 0 fully saturated rings. The smallest absolute Gasteiger partial charge is 0.312 e. The van der Waals surface area contributed by atoms with Gasteiger partial charge >= 0.3 is 5.97 Å². The first-order chi connectivity index (χ1) is 5.24. The molecule has 2 N–H and O–H groups in total. The average Bonchev–Trinajstić information content (AvgIpc) is 2.36. The van der Waals surface area contributed by atoms with E-state index >= 15 is 0 Å². The van der Waals surface area contributed by atoms with Gasteiger partial charge in [0.15, 0.2) is 0 Å². The van der Waals surface area contributed by atoms with E-state index in [1.54, 1.807) is 6.92 Å². The molecule has 0 radical (unpaired) electrons. The lowest BCUT2D eigenvalue weighted by atomic mass is 10.1. The molecular weight excluding hydrogens is 142 g/mol. The second kappa shape index (κ2) is 3.53. The Balaban J connectivity index is 2.38. The van der Waals surface area contributed by atoms with Gasteiger partial charge in [-0.3, -0.25) is 4.79 Å². The number of hydrogen-bond donors (Lipinski definition) is 1. The number of nitrogens with two attached hydrogens (primary N) is 1. The number of carbonyl (C=O) groups excluding carboxylic acids is 1. The molecule has 0 aliphatic heterocycles. The molecule has 0 aromatic rings. The summed E-state index contributed by atoms with van der Waals surface area (Å²) in [7, 11) is 0. The zero-order valence-electron chi connectivity index (χ0n) is 6.62. The minimum atomic E-state index is -0.156. The van der Waals surface area contributed by atoms with Crippen molar-refractivity contribution in [2.75, 3.05) is 6.61 Å². The standard InChI is InChI=1S/C8H13NO2/c1-2-11-8(10)6-3-4-7(9)5-6/h3-4,6-7H,2,5,9H2,1H3/t6-,7+/m1/s1. The Morgan fingerprint density at radius 3 is 2.91 bits per heavy atom. The van der Waals surface area contributed by atoms with Crippen molar-refractivity contribution in [2.45, 2.75) is 19.4 Å². The molecular formula is C8H13NO2. The minimum absolute atomic E-state index is 0.0319. The van der Waals surface area contributed by atoms with Crippen molar-refractivity contribution in [2.24, 2.45) is 11.7 Å². The van der Waals surface area contributed by atoms with E-state index in [2.05, 4.69) is 0 Å². The molecule has 0 heterocycles. The second-order valence-corrected chi connectivity index (χ2v) is 2.64. The van der Waals surface area contributed by atoms with Gasteiger partial charge in [-0.2, -0.15) is 0 Å². The van der Waals surface area contributed by atoms with Crippen molar-refractivity contribution < 1.29 is 9.53 Å². The van der Waals surface area contributed by atoms with Gasteiger partial charge in [-0.25, -0.2) is 0 Å². The summed E-state index contributed by atoms with van der Waals surface area (Å²) in [6.07, 6.45) is 4.36. The van der Waals surface area contributed by atoms with Gasteiger partial charge in [0.2, 0.25) is 0 Å². The normalized spacial score (nSPS) is 28.9. The highest BCUT2D eigenvalue weighted by Crippen LogP contribution is 2.17. The van der Waals surface area contributed by atoms with E-state index in [0.29, 0.717) is 13.0 Å². The van der Waals surface area contributed by atoms with Gasteiger partial charge in [-0.1, -0.05) is 12.2 Å². The third-order valence-corrected chi connectivity index (χ3v) is 1.71. The van der Waals surface area contributed by atoms with Crippen LogP contribution in [0.4, 0.5) is 0 Å². The topological polar surface area (TPSA) is 52.3 Å². The van der Waals surface area contributed by atoms with Crippen LogP contribution >= 0.6 is 0 Å². The lowest BCUT2D eigenvalue weighted by molar-refractivity contribution is -0.146. The first-order valence-electron chi connectivity index (χ1n) is 3.84. The van der Waals surface area contributed by atoms with Crippen molar-refractivity contribution in [3.63, 3.8) is 0 Å². The fourth-order valence-electron chi connectivity index (χ4n) is 1.15. The van der Waals surface area contributed by atoms with Crippen LogP contribution in [0.15, 0.2) is 12.2 Å². The van der Waals surface area contributed by atoms with Crippen molar-refractivity contribution >= 4 is 5.97 Å². The molecule has 3 nitrogen and oxygen atoms in total. The van der Waals surface area contributed by atoms with Crippen LogP contribution < -0.4 is 5.73 Å². The molecule has 0 saturated carbocycles. The van der Waals surface area contributed by atoms with Crippen molar-refractivity contribution in [1.82, 2.24) is 0 Å². The summed E-state index contributed by atoms with van der Waals surface area (Å²) in [6.45, 7) is 2.24. The second-order valence-electron chi connectivity index (χ2n) is 2.64. The van der Waals surface area contributed by atoms with Crippen LogP contribution in [-0.2, 0) is 9.53 Å². The molecule has 1 aliphatic rings. The molecule has 0 spiro atoms. The molecule has 1 aliphatic carbocycles. The van der Waals surface area contributed by atoms with Crippen LogP contribution in [0, 0.1) is 5.92 Å². The number of rotatable bonds is 2. The lowest BCUT2D eigenvalue weighted by Gasteiger charge is -2.07. The molecule has 0 aromatic carbocycles. The molecule has 0 aromatic heterocycles. The van der Waals surface area contributed by atoms with Crippen LogP contribution in [0.2, 0.25) is 0 Å². The Morgan fingerprint density at radius 2 is 2.45 bits per heavy atom. The number of carbonyl (C=O) groups is 1. The highest BCUT2D eigenvalue weighted by Gasteiger charge is 2.23. The predicted molar refractivity (Wildman–Crippen MR) is 41.9 cm³/mol. The summed E-state index contributed by atoms with van der Waals surface area (Å²) >= 11 is 0. The van der Waals surface area contributed by atoms with E-state index in [1.807, 2.05) is 12.2 Å². The number of ether oxygens (including phenoxy) is 1. The molecule has 0 unspecified atom stereocenters. The van der Waals surface area contributed by atoms with Crippen molar-refractivity contribution in [3.8, 4) is 0 Å². The minimum Gasteiger partial charge on any atom is -0.466 e. The number of hydrogen-bond acceptors (Lipinski definition) is 3. The highest BCUT2D eigenvalue weighted by atomic mass is 16.5. The van der Waals surface area contributed by atoms with Gasteiger partial charge in [0, 0.05) is 6.04 Å². The van der Waals surface area contributed by atoms with Crippen molar-refractivity contribution in [1.29, 1.82) is 0 Å². The molecule has 0 amide bonds. The Hall–Kier alpha value is -0.830. The summed E-state index contributed by atoms with van der Waals surface area (Å²) in [5.41, 5.74) is 5.56. The van der Waals surface area contributed by atoms with Gasteiger partial charge in [0.05, 0.1) is 12.5 Å². The molecule has 0 saturated heterocycles. The monoisotopic (exact) mass is 155 g/mol. The molecule has 62 valence electrons. The first kappa shape index (κ1) is 8.27. The van der Waals surface area contributed by atoms with Gasteiger partial charge in [0.1, 0.15) is 0 Å². The third-order valence-electron chi connectivity index (χ3n) is 1.71. The zero-order chi connectivity index (χ0) is 8.27. The van der Waals surface area contributed by atoms with Crippen LogP contribution in [0.1, 0.15) is 13.3 Å². The van der Waals surface area contributed by atoms with E-state index in [0.717, 1.165) is 0 Å². The zero-order valence-corrected chi connectivity index (χ0v) is 6.62. The Labute approximate surface area is 66.2 Å². The Kier molecular flexibility index (Phi) is 2.65. The average molecular weight is 155 g/mol. The fourth-order valence-corrected chi connectivity index (χ4v) is 1.15. The van der Waals surface area contributed by atoms with Crippen LogP contribution in [0.25, 0.3) is 0 Å². The molecule has 1 rings (SSSR count). The SMILES string of the molecule is CCOC(=O)[C@@H]1C=C[C@H](N)C1. The third kappa shape index (κ3) is 2.05. The van der Waals surface area contributed by atoms with E-state index < -0.39 is 0 Å². The summed E-state index contributed by atoms with van der Waals surface area (Å²) in [6, 6.07) is 0.0319. The molecule has 3 heteroatoms. The van der Waals surface area contributed by atoms with E-state index in [4.69, 9.17) is 10.5 Å². The maximum atomic E-state index is 11.1. The Bertz CT molecular complexity index is 177. The van der Waals surface area contributed by atoms with Crippen molar-refractivity contribution in [3.05, 3.63) is 12.2 Å². The highest BCUT2D eigenvalue weighted by molar-refractivity contribution is 5.75. The van der Waals surface area contributed by atoms with E-state index in [1.165, 1.54) is 0 Å². The maximum absolute atomic E-state index is 11.1. The lowest BCUT2D eigenvalue weighted by Crippen LogP contribution is -2.20. The quantitative estimate of drug-likeness (QED) is 0.465. The largest absolute Gasteiger partial charge is 0.466 e. The first-order valence-corrected chi connectivity index (χ1v) is 3.84. The fraction of sp³-hybridized carbons (Fsp3) is 0.625. The molecule has 11 heavy (non-hydrogen) atoms. The number of esters is 1. The van der Waals surface area contributed by atoms with Gasteiger partial charge in [0.25, 0.3) is 0 Å². The Morgan fingerprint density at radius 1 is 1.73 bits per heavy atom. The maximum Gasteiger partial charge on any atom is 0.312 e. The van der Waals surface area contributed by atoms with Gasteiger partial charge in [-0.05, 0) is 13.3 Å². The van der Waals surface area contributed by atoms with E-state index in [9.17, 15) is 4.79 Å². The van der Waals surface area contributed by atoms with Crippen LogP contribution in [0.5, 0.6) is 0 Å². The summed E-state index contributed by atoms with van der Waals surface area (Å²) < 4.78 is 4.83.